The van der Waals surface area contributed by atoms with Gasteiger partial charge in [0.1, 0.15) is 5.75 Å². The van der Waals surface area contributed by atoms with Gasteiger partial charge in [0.05, 0.1) is 6.61 Å². The van der Waals surface area contributed by atoms with Crippen molar-refractivity contribution in [2.24, 2.45) is 0 Å². The highest BCUT2D eigenvalue weighted by Gasteiger charge is 2.15. The molecular weight excluding hydrogens is 198 g/mol. The molecule has 2 nitrogen and oxygen atoms in total. The summed E-state index contributed by atoms with van der Waals surface area (Å²) in [5.41, 5.74) is 2.78. The summed E-state index contributed by atoms with van der Waals surface area (Å²) in [6.07, 6.45) is 3.48. The maximum atomic E-state index is 5.53. The van der Waals surface area contributed by atoms with Crippen LogP contribution in [0.5, 0.6) is 5.75 Å². The lowest BCUT2D eigenvalue weighted by Gasteiger charge is -2.18. The minimum atomic E-state index is 0.501. The molecule has 2 rings (SSSR count). The first-order chi connectivity index (χ1) is 7.85. The van der Waals surface area contributed by atoms with E-state index in [2.05, 4.69) is 37.4 Å². The van der Waals surface area contributed by atoms with Crippen molar-refractivity contribution in [1.82, 2.24) is 5.32 Å². The van der Waals surface area contributed by atoms with Crippen LogP contribution in [-0.4, -0.2) is 13.2 Å². The van der Waals surface area contributed by atoms with Gasteiger partial charge in [0, 0.05) is 12.5 Å². The molecule has 0 aliphatic carbocycles. The highest BCUT2D eigenvalue weighted by Crippen LogP contribution is 2.29. The Morgan fingerprint density at radius 2 is 2.25 bits per heavy atom. The van der Waals surface area contributed by atoms with Gasteiger partial charge < -0.3 is 10.1 Å². The molecule has 0 saturated carbocycles. The van der Waals surface area contributed by atoms with Gasteiger partial charge in [0.25, 0.3) is 0 Å². The molecule has 1 aromatic carbocycles. The van der Waals surface area contributed by atoms with Gasteiger partial charge in [-0.05, 0) is 30.2 Å². The van der Waals surface area contributed by atoms with E-state index in [1.165, 1.54) is 24.0 Å². The molecule has 1 atom stereocenters. The molecule has 88 valence electrons. The quantitative estimate of drug-likeness (QED) is 0.821. The third-order valence-electron chi connectivity index (χ3n) is 3.14. The molecule has 1 aliphatic rings. The van der Waals surface area contributed by atoms with E-state index in [0.29, 0.717) is 6.04 Å². The summed E-state index contributed by atoms with van der Waals surface area (Å²) < 4.78 is 5.53. The van der Waals surface area contributed by atoms with Gasteiger partial charge in [-0.1, -0.05) is 32.4 Å². The number of benzene rings is 1. The van der Waals surface area contributed by atoms with Crippen molar-refractivity contribution in [3.8, 4) is 5.75 Å². The second kappa shape index (κ2) is 5.35. The third-order valence-corrected chi connectivity index (χ3v) is 3.14. The van der Waals surface area contributed by atoms with Gasteiger partial charge >= 0.3 is 0 Å². The van der Waals surface area contributed by atoms with E-state index in [-0.39, 0.29) is 0 Å². The average molecular weight is 219 g/mol. The minimum Gasteiger partial charge on any atom is -0.493 e. The zero-order valence-electron chi connectivity index (χ0n) is 10.3. The maximum absolute atomic E-state index is 5.53. The number of hydrogen-bond acceptors (Lipinski definition) is 2. The first-order valence-corrected chi connectivity index (χ1v) is 6.34. The SMILES string of the molecule is CCCC(NCC)c1ccc2c(c1)CCO2. The average Bonchev–Trinajstić information content (AvgIpc) is 2.75. The largest absolute Gasteiger partial charge is 0.493 e. The molecule has 1 aliphatic heterocycles. The van der Waals surface area contributed by atoms with E-state index < -0.39 is 0 Å². The van der Waals surface area contributed by atoms with Gasteiger partial charge in [0.2, 0.25) is 0 Å². The van der Waals surface area contributed by atoms with Crippen LogP contribution < -0.4 is 10.1 Å². The fourth-order valence-corrected chi connectivity index (χ4v) is 2.34. The molecule has 16 heavy (non-hydrogen) atoms. The van der Waals surface area contributed by atoms with E-state index in [1.807, 2.05) is 0 Å². The van der Waals surface area contributed by atoms with Gasteiger partial charge in [-0.25, -0.2) is 0 Å². The number of fused-ring (bicyclic) bond motifs is 1. The molecule has 0 saturated heterocycles. The smallest absolute Gasteiger partial charge is 0.122 e. The summed E-state index contributed by atoms with van der Waals surface area (Å²) in [5, 5.41) is 3.55. The molecule has 1 unspecified atom stereocenters. The van der Waals surface area contributed by atoms with Crippen LogP contribution in [0.15, 0.2) is 18.2 Å². The van der Waals surface area contributed by atoms with Crippen LogP contribution in [0.1, 0.15) is 43.9 Å². The fourth-order valence-electron chi connectivity index (χ4n) is 2.34. The Hall–Kier alpha value is -1.02. The van der Waals surface area contributed by atoms with Crippen molar-refractivity contribution in [2.75, 3.05) is 13.2 Å². The summed E-state index contributed by atoms with van der Waals surface area (Å²) in [5.74, 6) is 1.08. The molecule has 0 spiro atoms. The topological polar surface area (TPSA) is 21.3 Å². The van der Waals surface area contributed by atoms with E-state index in [0.717, 1.165) is 25.3 Å². The Bertz CT molecular complexity index is 343. The number of ether oxygens (including phenoxy) is 1. The van der Waals surface area contributed by atoms with Crippen LogP contribution in [0.3, 0.4) is 0 Å². The van der Waals surface area contributed by atoms with Crippen molar-refractivity contribution < 1.29 is 4.74 Å². The van der Waals surface area contributed by atoms with E-state index in [9.17, 15) is 0 Å². The number of hydrogen-bond donors (Lipinski definition) is 1. The normalized spacial score (nSPS) is 15.6. The van der Waals surface area contributed by atoms with E-state index >= 15 is 0 Å². The first kappa shape index (κ1) is 11.5. The summed E-state index contributed by atoms with van der Waals surface area (Å²) in [6.45, 7) is 6.27. The lowest BCUT2D eigenvalue weighted by Crippen LogP contribution is -2.20. The second-order valence-electron chi connectivity index (χ2n) is 4.36. The molecule has 1 aromatic rings. The van der Waals surface area contributed by atoms with Crippen LogP contribution in [0.2, 0.25) is 0 Å². The van der Waals surface area contributed by atoms with Crippen LogP contribution in [0, 0.1) is 0 Å². The number of rotatable bonds is 5. The maximum Gasteiger partial charge on any atom is 0.122 e. The third kappa shape index (κ3) is 2.38. The standard InChI is InChI=1S/C14H21NO/c1-3-5-13(15-4-2)11-6-7-14-12(10-11)8-9-16-14/h6-7,10,13,15H,3-5,8-9H2,1-2H3. The predicted molar refractivity (Wildman–Crippen MR) is 67.0 cm³/mol. The summed E-state index contributed by atoms with van der Waals surface area (Å²) in [7, 11) is 0. The molecule has 0 bridgehead atoms. The lowest BCUT2D eigenvalue weighted by atomic mass is 9.99. The Balaban J connectivity index is 2.17. The molecule has 0 radical (unpaired) electrons. The molecule has 1 N–H and O–H groups in total. The summed E-state index contributed by atoms with van der Waals surface area (Å²) >= 11 is 0. The second-order valence-corrected chi connectivity index (χ2v) is 4.36. The molecule has 0 aromatic heterocycles. The van der Waals surface area contributed by atoms with E-state index in [4.69, 9.17) is 4.74 Å². The Morgan fingerprint density at radius 3 is 3.00 bits per heavy atom. The van der Waals surface area contributed by atoms with Crippen LogP contribution >= 0.6 is 0 Å². The Morgan fingerprint density at radius 1 is 1.38 bits per heavy atom. The minimum absolute atomic E-state index is 0.501. The van der Waals surface area contributed by atoms with Gasteiger partial charge in [-0.3, -0.25) is 0 Å². The van der Waals surface area contributed by atoms with Crippen LogP contribution in [-0.2, 0) is 6.42 Å². The van der Waals surface area contributed by atoms with Crippen molar-refractivity contribution >= 4 is 0 Å². The number of nitrogens with one attached hydrogen (secondary N) is 1. The lowest BCUT2D eigenvalue weighted by molar-refractivity contribution is 0.356. The summed E-state index contributed by atoms with van der Waals surface area (Å²) in [6, 6.07) is 7.14. The zero-order chi connectivity index (χ0) is 11.4. The van der Waals surface area contributed by atoms with E-state index in [1.54, 1.807) is 0 Å². The predicted octanol–water partition coefficient (Wildman–Crippen LogP) is 3.07. The molecule has 2 heteroatoms. The van der Waals surface area contributed by atoms with Crippen molar-refractivity contribution in [3.05, 3.63) is 29.3 Å². The van der Waals surface area contributed by atoms with Crippen LogP contribution in [0.4, 0.5) is 0 Å². The monoisotopic (exact) mass is 219 g/mol. The Labute approximate surface area is 98.0 Å². The molecular formula is C14H21NO. The van der Waals surface area contributed by atoms with Gasteiger partial charge in [-0.15, -0.1) is 0 Å². The molecule has 0 fully saturated rings. The zero-order valence-corrected chi connectivity index (χ0v) is 10.3. The van der Waals surface area contributed by atoms with Crippen molar-refractivity contribution in [3.63, 3.8) is 0 Å². The van der Waals surface area contributed by atoms with Gasteiger partial charge in [-0.2, -0.15) is 0 Å². The van der Waals surface area contributed by atoms with Gasteiger partial charge in [0.15, 0.2) is 0 Å². The highest BCUT2D eigenvalue weighted by atomic mass is 16.5. The summed E-state index contributed by atoms with van der Waals surface area (Å²) in [4.78, 5) is 0. The molecule has 1 heterocycles. The van der Waals surface area contributed by atoms with Crippen molar-refractivity contribution in [2.45, 2.75) is 39.2 Å². The van der Waals surface area contributed by atoms with Crippen molar-refractivity contribution in [1.29, 1.82) is 0 Å². The highest BCUT2D eigenvalue weighted by molar-refractivity contribution is 5.40. The Kier molecular flexibility index (Phi) is 3.83. The first-order valence-electron chi connectivity index (χ1n) is 6.34. The van der Waals surface area contributed by atoms with Crippen LogP contribution in [0.25, 0.3) is 0 Å². The fraction of sp³-hybridized carbons (Fsp3) is 0.571. The molecule has 0 amide bonds.